The summed E-state index contributed by atoms with van der Waals surface area (Å²) in [5.74, 6) is 0. The van der Waals surface area contributed by atoms with Crippen LogP contribution in [0.1, 0.15) is 4.88 Å². The van der Waals surface area contributed by atoms with Crippen LogP contribution in [-0.4, -0.2) is 15.3 Å². The highest BCUT2D eigenvalue weighted by Gasteiger charge is 2.12. The number of nitro groups is 1. The summed E-state index contributed by atoms with van der Waals surface area (Å²) in [6, 6.07) is 2.72. The van der Waals surface area contributed by atoms with E-state index >= 15 is 0 Å². The van der Waals surface area contributed by atoms with Crippen molar-refractivity contribution in [1.29, 1.82) is 0 Å². The Bertz CT molecular complexity index is 335. The first-order valence-corrected chi connectivity index (χ1v) is 3.96. The zero-order valence-corrected chi connectivity index (χ0v) is 7.17. The largest absolute Gasteiger partial charge is 0.410 e. The van der Waals surface area contributed by atoms with Crippen molar-refractivity contribution in [3.63, 3.8) is 0 Å². The molecule has 1 N–H and O–H groups in total. The average molecular weight is 207 g/mol. The van der Waals surface area contributed by atoms with Crippen LogP contribution >= 0.6 is 22.9 Å². The molecule has 1 aromatic heterocycles. The summed E-state index contributed by atoms with van der Waals surface area (Å²) >= 11 is 6.25. The molecule has 0 fully saturated rings. The van der Waals surface area contributed by atoms with Gasteiger partial charge < -0.3 is 5.21 Å². The number of thiophene rings is 1. The molecule has 0 spiro atoms. The molecule has 7 heteroatoms. The molecule has 5 nitrogen and oxygen atoms in total. The molecule has 0 saturated carbocycles. The van der Waals surface area contributed by atoms with Gasteiger partial charge in [0.25, 0.3) is 0 Å². The Morgan fingerprint density at radius 1 is 1.75 bits per heavy atom. The van der Waals surface area contributed by atoms with E-state index in [1.165, 1.54) is 12.1 Å². The lowest BCUT2D eigenvalue weighted by Gasteiger charge is -1.84. The van der Waals surface area contributed by atoms with Crippen molar-refractivity contribution in [3.05, 3.63) is 27.1 Å². The van der Waals surface area contributed by atoms with Crippen molar-refractivity contribution in [2.45, 2.75) is 0 Å². The molecule has 0 unspecified atom stereocenters. The van der Waals surface area contributed by atoms with Crippen LogP contribution in [0.4, 0.5) is 5.00 Å². The summed E-state index contributed by atoms with van der Waals surface area (Å²) in [4.78, 5) is 10.0. The Labute approximate surface area is 76.0 Å². The minimum Gasteiger partial charge on any atom is -0.410 e. The number of hydrogen-bond donors (Lipinski definition) is 1. The fraction of sp³-hybridized carbons (Fsp3) is 0. The van der Waals surface area contributed by atoms with Crippen molar-refractivity contribution >= 4 is 33.1 Å². The topological polar surface area (TPSA) is 75.7 Å². The predicted octanol–water partition coefficient (Wildman–Crippen LogP) is 2.03. The van der Waals surface area contributed by atoms with Gasteiger partial charge in [-0.2, -0.15) is 0 Å². The van der Waals surface area contributed by atoms with Crippen LogP contribution in [0, 0.1) is 10.1 Å². The summed E-state index contributed by atoms with van der Waals surface area (Å²) in [6.45, 7) is 0. The molecule has 0 aliphatic rings. The first-order chi connectivity index (χ1) is 5.65. The first-order valence-electron chi connectivity index (χ1n) is 2.77. The van der Waals surface area contributed by atoms with Gasteiger partial charge in [-0.05, 0) is 6.07 Å². The van der Waals surface area contributed by atoms with Crippen molar-refractivity contribution in [1.82, 2.24) is 0 Å². The lowest BCUT2D eigenvalue weighted by atomic mass is 10.5. The van der Waals surface area contributed by atoms with Crippen molar-refractivity contribution < 1.29 is 10.1 Å². The molecular formula is C5H3ClN2O3S. The summed E-state index contributed by atoms with van der Waals surface area (Å²) in [5.41, 5.74) is 0. The van der Waals surface area contributed by atoms with E-state index in [0.29, 0.717) is 4.88 Å². The van der Waals surface area contributed by atoms with Gasteiger partial charge in [0.2, 0.25) is 0 Å². The Hall–Kier alpha value is -1.14. The molecule has 0 aliphatic heterocycles. The zero-order chi connectivity index (χ0) is 9.14. The van der Waals surface area contributed by atoms with Crippen LogP contribution in [0.15, 0.2) is 17.3 Å². The Balaban J connectivity index is 2.99. The fourth-order valence-electron chi connectivity index (χ4n) is 0.586. The molecule has 64 valence electrons. The molecule has 0 aliphatic carbocycles. The van der Waals surface area contributed by atoms with Gasteiger partial charge in [0.15, 0.2) is 5.17 Å². The standard InChI is InChI=1S/C5H3ClN2O3S/c6-5(7-9)3-1-2-4(12-3)8(10)11/h1-2,9H/b7-5+. The number of nitrogens with zero attached hydrogens (tertiary/aromatic N) is 2. The lowest BCUT2D eigenvalue weighted by molar-refractivity contribution is -0.380. The maximum absolute atomic E-state index is 10.2. The second-order valence-electron chi connectivity index (χ2n) is 1.79. The maximum Gasteiger partial charge on any atom is 0.324 e. The van der Waals surface area contributed by atoms with Gasteiger partial charge in [-0.3, -0.25) is 10.1 Å². The molecule has 0 aromatic carbocycles. The Kier molecular flexibility index (Phi) is 2.61. The fourth-order valence-corrected chi connectivity index (χ4v) is 1.46. The Morgan fingerprint density at radius 3 is 2.83 bits per heavy atom. The SMILES string of the molecule is O=[N+]([O-])c1ccc(/C(Cl)=N\O)s1. The van der Waals surface area contributed by atoms with Crippen LogP contribution < -0.4 is 0 Å². The van der Waals surface area contributed by atoms with Gasteiger partial charge in [-0.1, -0.05) is 28.1 Å². The lowest BCUT2D eigenvalue weighted by Crippen LogP contribution is -1.84. The van der Waals surface area contributed by atoms with Gasteiger partial charge in [0.1, 0.15) is 0 Å². The number of halogens is 1. The second kappa shape index (κ2) is 3.51. The third kappa shape index (κ3) is 1.72. The van der Waals surface area contributed by atoms with E-state index in [1.807, 2.05) is 0 Å². The molecule has 0 atom stereocenters. The highest BCUT2D eigenvalue weighted by Crippen LogP contribution is 2.25. The van der Waals surface area contributed by atoms with Gasteiger partial charge in [-0.15, -0.1) is 0 Å². The highest BCUT2D eigenvalue weighted by molar-refractivity contribution is 7.18. The molecule has 0 saturated heterocycles. The predicted molar refractivity (Wildman–Crippen MR) is 45.1 cm³/mol. The van der Waals surface area contributed by atoms with Gasteiger partial charge in [0, 0.05) is 6.07 Å². The normalized spacial score (nSPS) is 11.6. The smallest absolute Gasteiger partial charge is 0.324 e. The minimum atomic E-state index is -0.532. The van der Waals surface area contributed by atoms with Crippen LogP contribution in [0.3, 0.4) is 0 Å². The van der Waals surface area contributed by atoms with Crippen molar-refractivity contribution in [2.75, 3.05) is 0 Å². The monoisotopic (exact) mass is 206 g/mol. The molecule has 0 bridgehead atoms. The number of hydrogen-bond acceptors (Lipinski definition) is 5. The molecule has 1 rings (SSSR count). The van der Waals surface area contributed by atoms with E-state index in [-0.39, 0.29) is 10.2 Å². The quantitative estimate of drug-likeness (QED) is 0.348. The third-order valence-electron chi connectivity index (χ3n) is 1.06. The average Bonchev–Trinajstić information content (AvgIpc) is 2.51. The summed E-state index contributed by atoms with van der Waals surface area (Å²) in [5, 5.41) is 20.9. The van der Waals surface area contributed by atoms with Crippen LogP contribution in [0.25, 0.3) is 0 Å². The summed E-state index contributed by atoms with van der Waals surface area (Å²) in [7, 11) is 0. The van der Waals surface area contributed by atoms with Crippen LogP contribution in [0.2, 0.25) is 0 Å². The summed E-state index contributed by atoms with van der Waals surface area (Å²) in [6.07, 6.45) is 0. The minimum absolute atomic E-state index is 0.0354. The van der Waals surface area contributed by atoms with Crippen molar-refractivity contribution in [3.8, 4) is 0 Å². The van der Waals surface area contributed by atoms with Crippen molar-refractivity contribution in [2.24, 2.45) is 5.16 Å². The highest BCUT2D eigenvalue weighted by atomic mass is 35.5. The van der Waals surface area contributed by atoms with E-state index in [1.54, 1.807) is 0 Å². The van der Waals surface area contributed by atoms with Gasteiger partial charge in [0.05, 0.1) is 9.80 Å². The molecule has 0 amide bonds. The third-order valence-corrected chi connectivity index (χ3v) is 2.50. The van der Waals surface area contributed by atoms with Gasteiger partial charge in [-0.25, -0.2) is 0 Å². The Morgan fingerprint density at radius 2 is 2.42 bits per heavy atom. The van der Waals surface area contributed by atoms with E-state index in [9.17, 15) is 10.1 Å². The summed E-state index contributed by atoms with van der Waals surface area (Å²) < 4.78 is 0. The second-order valence-corrected chi connectivity index (χ2v) is 3.21. The molecule has 0 radical (unpaired) electrons. The number of rotatable bonds is 2. The van der Waals surface area contributed by atoms with E-state index in [4.69, 9.17) is 16.8 Å². The van der Waals surface area contributed by atoms with Crippen LogP contribution in [-0.2, 0) is 0 Å². The molecule has 1 heterocycles. The number of oxime groups is 1. The van der Waals surface area contributed by atoms with E-state index in [2.05, 4.69) is 5.16 Å². The van der Waals surface area contributed by atoms with Crippen LogP contribution in [0.5, 0.6) is 0 Å². The van der Waals surface area contributed by atoms with E-state index < -0.39 is 4.92 Å². The molecule has 1 aromatic rings. The van der Waals surface area contributed by atoms with Gasteiger partial charge >= 0.3 is 5.00 Å². The molecular weight excluding hydrogens is 204 g/mol. The van der Waals surface area contributed by atoms with E-state index in [0.717, 1.165) is 11.3 Å². The molecule has 12 heavy (non-hydrogen) atoms. The maximum atomic E-state index is 10.2. The zero-order valence-electron chi connectivity index (χ0n) is 5.60. The first kappa shape index (κ1) is 8.95.